The summed E-state index contributed by atoms with van der Waals surface area (Å²) in [5, 5.41) is 21.6. The minimum Gasteiger partial charge on any atom is -0.356 e. The van der Waals surface area contributed by atoms with Gasteiger partial charge in [-0.05, 0) is 39.1 Å². The zero-order chi connectivity index (χ0) is 17.0. The molecular weight excluding hydrogens is 314 g/mol. The van der Waals surface area contributed by atoms with Crippen LogP contribution in [0, 0.1) is 17.0 Å². The van der Waals surface area contributed by atoms with Gasteiger partial charge in [0.25, 0.3) is 5.69 Å². The molecule has 0 spiro atoms. The number of thiocarbonyl (C=S) groups is 1. The van der Waals surface area contributed by atoms with Crippen LogP contribution in [-0.4, -0.2) is 19.8 Å². The molecule has 1 aromatic heterocycles. The summed E-state index contributed by atoms with van der Waals surface area (Å²) in [6, 6.07) is 6.20. The number of nitrogens with one attached hydrogen (secondary N) is 2. The maximum Gasteiger partial charge on any atom is 0.271 e. The number of non-ortho nitro benzene ring substituents is 1. The third kappa shape index (κ3) is 4.04. The minimum atomic E-state index is -0.438. The zero-order valence-electron chi connectivity index (χ0n) is 13.2. The second-order valence-electron chi connectivity index (χ2n) is 5.13. The van der Waals surface area contributed by atoms with Crippen molar-refractivity contribution in [3.63, 3.8) is 0 Å². The molecule has 7 nitrogen and oxygen atoms in total. The predicted molar refractivity (Wildman–Crippen MR) is 93.5 cm³/mol. The highest BCUT2D eigenvalue weighted by atomic mass is 32.1. The van der Waals surface area contributed by atoms with Crippen molar-refractivity contribution < 1.29 is 4.92 Å². The number of anilines is 1. The van der Waals surface area contributed by atoms with Gasteiger partial charge in [0.15, 0.2) is 5.11 Å². The van der Waals surface area contributed by atoms with E-state index in [0.717, 1.165) is 17.8 Å². The molecule has 2 N–H and O–H groups in total. The lowest BCUT2D eigenvalue weighted by atomic mass is 10.1. The van der Waals surface area contributed by atoms with Crippen LogP contribution in [0.2, 0.25) is 0 Å². The number of nitrogens with zero attached hydrogens (tertiary/aromatic N) is 3. The molecule has 1 atom stereocenters. The Bertz CT molecular complexity index is 728. The largest absolute Gasteiger partial charge is 0.356 e. The Morgan fingerprint density at radius 1 is 1.52 bits per heavy atom. The van der Waals surface area contributed by atoms with Gasteiger partial charge in [0.2, 0.25) is 0 Å². The molecule has 8 heteroatoms. The van der Waals surface area contributed by atoms with E-state index in [0.29, 0.717) is 10.8 Å². The summed E-state index contributed by atoms with van der Waals surface area (Å²) in [5.74, 6) is 0. The van der Waals surface area contributed by atoms with Crippen LogP contribution in [0.3, 0.4) is 0 Å². The topological polar surface area (TPSA) is 85.0 Å². The standard InChI is InChI=1S/C15H19N5O2S/c1-4-19-11(3)14(9-16-19)10(2)17-15(23)18-12-6-5-7-13(8-12)20(21)22/h5-10H,4H2,1-3H3,(H2,17,18,23). The van der Waals surface area contributed by atoms with Gasteiger partial charge in [-0.3, -0.25) is 14.8 Å². The Kier molecular flexibility index (Phi) is 5.28. The maximum absolute atomic E-state index is 10.8. The number of hydrogen-bond donors (Lipinski definition) is 2. The van der Waals surface area contributed by atoms with Crippen LogP contribution in [0.25, 0.3) is 0 Å². The summed E-state index contributed by atoms with van der Waals surface area (Å²) < 4.78 is 1.92. The molecule has 2 aromatic rings. The Hall–Kier alpha value is -2.48. The molecule has 0 fully saturated rings. The van der Waals surface area contributed by atoms with Gasteiger partial charge in [-0.15, -0.1) is 0 Å². The lowest BCUT2D eigenvalue weighted by molar-refractivity contribution is -0.384. The zero-order valence-corrected chi connectivity index (χ0v) is 14.1. The monoisotopic (exact) mass is 333 g/mol. The molecular formula is C15H19N5O2S. The van der Waals surface area contributed by atoms with Gasteiger partial charge in [0.1, 0.15) is 0 Å². The van der Waals surface area contributed by atoms with E-state index in [1.807, 2.05) is 31.6 Å². The SMILES string of the molecule is CCn1ncc(C(C)NC(=S)Nc2cccc([N+](=O)[O-])c2)c1C. The van der Waals surface area contributed by atoms with E-state index in [-0.39, 0.29) is 11.7 Å². The molecule has 1 unspecified atom stereocenters. The first-order valence-electron chi connectivity index (χ1n) is 7.26. The van der Waals surface area contributed by atoms with Crippen molar-refractivity contribution in [3.05, 3.63) is 51.8 Å². The summed E-state index contributed by atoms with van der Waals surface area (Å²) in [5.41, 5.74) is 2.75. The molecule has 23 heavy (non-hydrogen) atoms. The van der Waals surface area contributed by atoms with Crippen molar-refractivity contribution in [1.82, 2.24) is 15.1 Å². The number of hydrogen-bond acceptors (Lipinski definition) is 4. The normalized spacial score (nSPS) is 11.8. The molecule has 0 aliphatic carbocycles. The van der Waals surface area contributed by atoms with E-state index < -0.39 is 4.92 Å². The van der Waals surface area contributed by atoms with Gasteiger partial charge in [-0.25, -0.2) is 0 Å². The van der Waals surface area contributed by atoms with Gasteiger partial charge >= 0.3 is 0 Å². The number of benzene rings is 1. The van der Waals surface area contributed by atoms with Crippen LogP contribution in [0.15, 0.2) is 30.5 Å². The molecule has 0 saturated carbocycles. The fourth-order valence-corrected chi connectivity index (χ4v) is 2.64. The third-order valence-electron chi connectivity index (χ3n) is 3.57. The highest BCUT2D eigenvalue weighted by Crippen LogP contribution is 2.19. The molecule has 0 bridgehead atoms. The van der Waals surface area contributed by atoms with Crippen LogP contribution in [0.4, 0.5) is 11.4 Å². The smallest absolute Gasteiger partial charge is 0.271 e. The first kappa shape index (κ1) is 16.9. The predicted octanol–water partition coefficient (Wildman–Crippen LogP) is 3.17. The number of aryl methyl sites for hydroxylation is 1. The Morgan fingerprint density at radius 3 is 2.87 bits per heavy atom. The molecule has 1 aromatic carbocycles. The van der Waals surface area contributed by atoms with Gasteiger partial charge < -0.3 is 10.6 Å². The lowest BCUT2D eigenvalue weighted by Crippen LogP contribution is -2.31. The number of nitro benzene ring substituents is 1. The van der Waals surface area contributed by atoms with Crippen LogP contribution in [0.5, 0.6) is 0 Å². The van der Waals surface area contributed by atoms with Crippen molar-refractivity contribution in [2.45, 2.75) is 33.4 Å². The summed E-state index contributed by atoms with van der Waals surface area (Å²) >= 11 is 5.28. The highest BCUT2D eigenvalue weighted by molar-refractivity contribution is 7.80. The van der Waals surface area contributed by atoms with Crippen molar-refractivity contribution >= 4 is 28.7 Å². The van der Waals surface area contributed by atoms with E-state index in [2.05, 4.69) is 15.7 Å². The second kappa shape index (κ2) is 7.19. The summed E-state index contributed by atoms with van der Waals surface area (Å²) in [6.45, 7) is 6.86. The number of rotatable bonds is 5. The second-order valence-corrected chi connectivity index (χ2v) is 5.54. The van der Waals surface area contributed by atoms with E-state index in [1.54, 1.807) is 12.1 Å². The van der Waals surface area contributed by atoms with Gasteiger partial charge in [0.05, 0.1) is 17.2 Å². The van der Waals surface area contributed by atoms with Crippen LogP contribution < -0.4 is 10.6 Å². The fourth-order valence-electron chi connectivity index (χ4n) is 2.34. The molecule has 0 aliphatic rings. The Labute approximate surface area is 139 Å². The number of nitro groups is 1. The van der Waals surface area contributed by atoms with Gasteiger partial charge in [0, 0.05) is 35.6 Å². The molecule has 122 valence electrons. The average molecular weight is 333 g/mol. The minimum absolute atomic E-state index is 0.0194. The Morgan fingerprint density at radius 2 is 2.26 bits per heavy atom. The van der Waals surface area contributed by atoms with Gasteiger partial charge in [-0.2, -0.15) is 5.10 Å². The van der Waals surface area contributed by atoms with Crippen molar-refractivity contribution in [1.29, 1.82) is 0 Å². The fraction of sp³-hybridized carbons (Fsp3) is 0.333. The van der Waals surface area contributed by atoms with Crippen LogP contribution >= 0.6 is 12.2 Å². The molecule has 0 amide bonds. The summed E-state index contributed by atoms with van der Waals surface area (Å²) in [4.78, 5) is 10.4. The summed E-state index contributed by atoms with van der Waals surface area (Å²) in [7, 11) is 0. The maximum atomic E-state index is 10.8. The molecule has 2 rings (SSSR count). The molecule has 0 saturated heterocycles. The van der Waals surface area contributed by atoms with E-state index in [1.165, 1.54) is 12.1 Å². The molecule has 0 radical (unpaired) electrons. The summed E-state index contributed by atoms with van der Waals surface area (Å²) in [6.07, 6.45) is 1.83. The van der Waals surface area contributed by atoms with E-state index >= 15 is 0 Å². The molecule has 0 aliphatic heterocycles. The average Bonchev–Trinajstić information content (AvgIpc) is 2.88. The molecule has 1 heterocycles. The van der Waals surface area contributed by atoms with Crippen molar-refractivity contribution in [2.75, 3.05) is 5.32 Å². The third-order valence-corrected chi connectivity index (χ3v) is 3.79. The highest BCUT2D eigenvalue weighted by Gasteiger charge is 2.14. The van der Waals surface area contributed by atoms with E-state index in [4.69, 9.17) is 12.2 Å². The Balaban J connectivity index is 2.02. The van der Waals surface area contributed by atoms with Crippen molar-refractivity contribution in [3.8, 4) is 0 Å². The first-order chi connectivity index (χ1) is 10.9. The van der Waals surface area contributed by atoms with E-state index in [9.17, 15) is 10.1 Å². The first-order valence-corrected chi connectivity index (χ1v) is 7.67. The van der Waals surface area contributed by atoms with Crippen LogP contribution in [-0.2, 0) is 6.54 Å². The van der Waals surface area contributed by atoms with Crippen LogP contribution in [0.1, 0.15) is 31.1 Å². The van der Waals surface area contributed by atoms with Gasteiger partial charge in [-0.1, -0.05) is 6.07 Å². The van der Waals surface area contributed by atoms with Crippen molar-refractivity contribution in [2.24, 2.45) is 0 Å². The lowest BCUT2D eigenvalue weighted by Gasteiger charge is -2.17. The quantitative estimate of drug-likeness (QED) is 0.497. The number of aromatic nitrogens is 2.